The van der Waals surface area contributed by atoms with Crippen LogP contribution in [0.15, 0.2) is 0 Å². The van der Waals surface area contributed by atoms with Gasteiger partial charge in [-0.2, -0.15) is 0 Å². The van der Waals surface area contributed by atoms with Crippen molar-refractivity contribution in [2.45, 2.75) is 45.1 Å². The smallest absolute Gasteiger partial charge is 0.329 e. The summed E-state index contributed by atoms with van der Waals surface area (Å²) in [5.74, 6) is 0.746. The lowest BCUT2D eigenvalue weighted by atomic mass is 10.2. The zero-order chi connectivity index (χ0) is 11.1. The van der Waals surface area contributed by atoms with E-state index >= 15 is 0 Å². The van der Waals surface area contributed by atoms with Gasteiger partial charge >= 0.3 is 5.97 Å². The number of carboxylic acids is 1. The first-order chi connectivity index (χ1) is 7.12. The van der Waals surface area contributed by atoms with Gasteiger partial charge in [0, 0.05) is 6.42 Å². The molecule has 0 spiro atoms. The van der Waals surface area contributed by atoms with Gasteiger partial charge in [-0.15, -0.1) is 10.2 Å². The van der Waals surface area contributed by atoms with E-state index in [0.29, 0.717) is 18.7 Å². The van der Waals surface area contributed by atoms with Crippen LogP contribution in [0.4, 0.5) is 0 Å². The lowest BCUT2D eigenvalue weighted by molar-refractivity contribution is -0.142. The summed E-state index contributed by atoms with van der Waals surface area (Å²) >= 11 is 0. The molecular weight excluding hydrogens is 194 g/mol. The van der Waals surface area contributed by atoms with Crippen LogP contribution in [0.5, 0.6) is 0 Å². The normalized spacial score (nSPS) is 17.7. The maximum absolute atomic E-state index is 11.2. The number of carboxylic acid groups (broad SMARTS) is 1. The second-order valence-corrected chi connectivity index (χ2v) is 4.09. The van der Waals surface area contributed by atoms with Gasteiger partial charge in [-0.05, 0) is 26.2 Å². The third-order valence-electron chi connectivity index (χ3n) is 2.92. The van der Waals surface area contributed by atoms with Gasteiger partial charge in [0.05, 0.1) is 0 Å². The molecule has 1 heterocycles. The molecule has 1 aliphatic carbocycles. The van der Waals surface area contributed by atoms with E-state index in [1.807, 2.05) is 6.92 Å². The van der Waals surface area contributed by atoms with Gasteiger partial charge in [0.25, 0.3) is 0 Å². The highest BCUT2D eigenvalue weighted by molar-refractivity contribution is 5.80. The Balaban J connectivity index is 2.42. The van der Waals surface area contributed by atoms with Crippen molar-refractivity contribution in [1.29, 1.82) is 0 Å². The predicted molar refractivity (Wildman–Crippen MR) is 53.6 cm³/mol. The highest BCUT2D eigenvalue weighted by atomic mass is 16.4. The molecule has 0 saturated heterocycles. The van der Waals surface area contributed by atoms with Gasteiger partial charge in [0.15, 0.2) is 0 Å². The molecule has 2 rings (SSSR count). The summed E-state index contributed by atoms with van der Waals surface area (Å²) in [5, 5.41) is 17.2. The molecule has 0 aliphatic heterocycles. The number of aliphatic carboxylic acids is 1. The predicted octanol–water partition coefficient (Wildman–Crippen LogP) is 1.11. The molecule has 0 aromatic carbocycles. The van der Waals surface area contributed by atoms with Crippen LogP contribution in [0, 0.1) is 6.92 Å². The maximum atomic E-state index is 11.2. The fourth-order valence-corrected chi connectivity index (χ4v) is 2.00. The molecular formula is C10H15N3O2. The SMILES string of the molecule is CCCc1nnc(C)n1C1(C(=O)O)CC1. The second-order valence-electron chi connectivity index (χ2n) is 4.09. The Bertz CT molecular complexity index is 393. The number of hydrogen-bond donors (Lipinski definition) is 1. The summed E-state index contributed by atoms with van der Waals surface area (Å²) in [7, 11) is 0. The molecule has 0 amide bonds. The first-order valence-corrected chi connectivity index (χ1v) is 5.26. The second kappa shape index (κ2) is 3.32. The first kappa shape index (κ1) is 10.1. The number of hydrogen-bond acceptors (Lipinski definition) is 3. The Hall–Kier alpha value is -1.39. The minimum Gasteiger partial charge on any atom is -0.479 e. The Labute approximate surface area is 88.1 Å². The molecule has 1 saturated carbocycles. The van der Waals surface area contributed by atoms with Gasteiger partial charge in [-0.1, -0.05) is 6.92 Å². The largest absolute Gasteiger partial charge is 0.479 e. The quantitative estimate of drug-likeness (QED) is 0.806. The van der Waals surface area contributed by atoms with Crippen LogP contribution < -0.4 is 0 Å². The van der Waals surface area contributed by atoms with Gasteiger partial charge in [-0.3, -0.25) is 4.57 Å². The lowest BCUT2D eigenvalue weighted by Crippen LogP contribution is -2.30. The average Bonchev–Trinajstić information content (AvgIpc) is 2.90. The number of rotatable bonds is 4. The van der Waals surface area contributed by atoms with E-state index < -0.39 is 11.5 Å². The molecule has 15 heavy (non-hydrogen) atoms. The highest BCUT2D eigenvalue weighted by Gasteiger charge is 2.54. The van der Waals surface area contributed by atoms with Crippen molar-refractivity contribution in [1.82, 2.24) is 14.8 Å². The summed E-state index contributed by atoms with van der Waals surface area (Å²) in [4.78, 5) is 11.2. The van der Waals surface area contributed by atoms with E-state index in [1.165, 1.54) is 0 Å². The summed E-state index contributed by atoms with van der Waals surface area (Å²) in [6.45, 7) is 3.86. The van der Waals surface area contributed by atoms with Crippen LogP contribution in [-0.4, -0.2) is 25.8 Å². The van der Waals surface area contributed by atoms with Crippen molar-refractivity contribution in [3.63, 3.8) is 0 Å². The van der Waals surface area contributed by atoms with Gasteiger partial charge < -0.3 is 5.11 Å². The topological polar surface area (TPSA) is 68.0 Å². The lowest BCUT2D eigenvalue weighted by Gasteiger charge is -2.15. The van der Waals surface area contributed by atoms with Crippen LogP contribution in [0.2, 0.25) is 0 Å². The molecule has 0 bridgehead atoms. The number of aryl methyl sites for hydroxylation is 2. The Kier molecular flexibility index (Phi) is 2.25. The molecule has 5 heteroatoms. The molecule has 82 valence electrons. The first-order valence-electron chi connectivity index (χ1n) is 5.26. The summed E-state index contributed by atoms with van der Waals surface area (Å²) in [6, 6.07) is 0. The van der Waals surface area contributed by atoms with Crippen molar-refractivity contribution in [2.24, 2.45) is 0 Å². The number of nitrogens with zero attached hydrogens (tertiary/aromatic N) is 3. The molecule has 1 aromatic heterocycles. The van der Waals surface area contributed by atoms with Crippen molar-refractivity contribution in [3.05, 3.63) is 11.6 Å². The van der Waals surface area contributed by atoms with E-state index in [0.717, 1.165) is 18.7 Å². The third-order valence-corrected chi connectivity index (χ3v) is 2.92. The van der Waals surface area contributed by atoms with E-state index in [4.69, 9.17) is 0 Å². The van der Waals surface area contributed by atoms with Crippen LogP contribution in [0.1, 0.15) is 37.8 Å². The van der Waals surface area contributed by atoms with Crippen molar-refractivity contribution in [2.75, 3.05) is 0 Å². The Morgan fingerprint density at radius 3 is 2.67 bits per heavy atom. The zero-order valence-electron chi connectivity index (χ0n) is 9.03. The zero-order valence-corrected chi connectivity index (χ0v) is 9.03. The molecule has 0 atom stereocenters. The maximum Gasteiger partial charge on any atom is 0.329 e. The number of aromatic nitrogens is 3. The Morgan fingerprint density at radius 1 is 1.53 bits per heavy atom. The van der Waals surface area contributed by atoms with E-state index in [-0.39, 0.29) is 0 Å². The molecule has 1 aromatic rings. The summed E-state index contributed by atoms with van der Waals surface area (Å²) in [6.07, 6.45) is 3.12. The van der Waals surface area contributed by atoms with Gasteiger partial charge in [-0.25, -0.2) is 4.79 Å². The van der Waals surface area contributed by atoms with Gasteiger partial charge in [0.2, 0.25) is 0 Å². The third kappa shape index (κ3) is 1.42. The monoisotopic (exact) mass is 209 g/mol. The van der Waals surface area contributed by atoms with Gasteiger partial charge in [0.1, 0.15) is 17.2 Å². The fourth-order valence-electron chi connectivity index (χ4n) is 2.00. The van der Waals surface area contributed by atoms with E-state index in [1.54, 1.807) is 4.57 Å². The molecule has 1 fully saturated rings. The standard InChI is InChI=1S/C10H15N3O2/c1-3-4-8-12-11-7(2)13(8)10(5-6-10)9(14)15/h3-6H2,1-2H3,(H,14,15). The highest BCUT2D eigenvalue weighted by Crippen LogP contribution is 2.45. The fraction of sp³-hybridized carbons (Fsp3) is 0.700. The molecule has 5 nitrogen and oxygen atoms in total. The van der Waals surface area contributed by atoms with Crippen LogP contribution in [0.3, 0.4) is 0 Å². The minimum atomic E-state index is -0.761. The van der Waals surface area contributed by atoms with E-state index in [9.17, 15) is 9.90 Å². The van der Waals surface area contributed by atoms with E-state index in [2.05, 4.69) is 17.1 Å². The molecule has 0 radical (unpaired) electrons. The molecule has 1 N–H and O–H groups in total. The van der Waals surface area contributed by atoms with Crippen LogP contribution in [0.25, 0.3) is 0 Å². The van der Waals surface area contributed by atoms with Crippen molar-refractivity contribution in [3.8, 4) is 0 Å². The van der Waals surface area contributed by atoms with Crippen molar-refractivity contribution < 1.29 is 9.90 Å². The Morgan fingerprint density at radius 2 is 2.20 bits per heavy atom. The average molecular weight is 209 g/mol. The molecule has 1 aliphatic rings. The minimum absolute atomic E-state index is 0.692. The number of carbonyl (C=O) groups is 1. The summed E-state index contributed by atoms with van der Waals surface area (Å²) < 4.78 is 1.80. The molecule has 0 unspecified atom stereocenters. The summed E-state index contributed by atoms with van der Waals surface area (Å²) in [5.41, 5.74) is -0.738. The van der Waals surface area contributed by atoms with Crippen molar-refractivity contribution >= 4 is 5.97 Å². The van der Waals surface area contributed by atoms with Crippen LogP contribution in [-0.2, 0) is 16.8 Å². The van der Waals surface area contributed by atoms with Crippen LogP contribution >= 0.6 is 0 Å².